The van der Waals surface area contributed by atoms with E-state index in [-0.39, 0.29) is 22.3 Å². The molecule has 0 radical (unpaired) electrons. The summed E-state index contributed by atoms with van der Waals surface area (Å²) < 4.78 is 31.5. The fourth-order valence-electron chi connectivity index (χ4n) is 2.74. The van der Waals surface area contributed by atoms with Gasteiger partial charge in [0.25, 0.3) is 0 Å². The summed E-state index contributed by atoms with van der Waals surface area (Å²) in [5, 5.41) is 22.1. The number of rotatable bonds is 6. The van der Waals surface area contributed by atoms with Crippen molar-refractivity contribution in [2.75, 3.05) is 12.4 Å². The summed E-state index contributed by atoms with van der Waals surface area (Å²) in [7, 11) is -2.17. The van der Waals surface area contributed by atoms with Gasteiger partial charge in [0.1, 0.15) is 17.7 Å². The Hall–Kier alpha value is -2.74. The number of aliphatic hydroxyl groups excluding tert-OH is 1. The molecule has 10 heteroatoms. The molecule has 0 saturated heterocycles. The van der Waals surface area contributed by atoms with Crippen LogP contribution in [0.4, 0.5) is 11.6 Å². The molecule has 3 N–H and O–H groups in total. The quantitative estimate of drug-likeness (QED) is 0.672. The first kappa shape index (κ1) is 19.0. The Kier molecular flexibility index (Phi) is 5.55. The normalized spacial score (nSPS) is 19.4. The molecule has 142 valence electrons. The van der Waals surface area contributed by atoms with Crippen LogP contribution in [0.15, 0.2) is 35.4 Å². The van der Waals surface area contributed by atoms with Gasteiger partial charge >= 0.3 is 0 Å². The number of sulfonamides is 1. The Balaban J connectivity index is 1.79. The molecule has 1 aromatic carbocycles. The molecule has 1 saturated carbocycles. The third-order valence-electron chi connectivity index (χ3n) is 4.24. The summed E-state index contributed by atoms with van der Waals surface area (Å²) in [5.41, 5.74) is 0.747. The molecule has 0 amide bonds. The van der Waals surface area contributed by atoms with Crippen molar-refractivity contribution in [3.63, 3.8) is 0 Å². The zero-order valence-corrected chi connectivity index (χ0v) is 15.4. The predicted octanol–water partition coefficient (Wildman–Crippen LogP) is 1.29. The van der Waals surface area contributed by atoms with Gasteiger partial charge < -0.3 is 15.2 Å². The molecule has 2 atom stereocenters. The van der Waals surface area contributed by atoms with Crippen LogP contribution in [0.3, 0.4) is 0 Å². The molecule has 0 aliphatic heterocycles. The Morgan fingerprint density at radius 3 is 2.63 bits per heavy atom. The van der Waals surface area contributed by atoms with Crippen LogP contribution in [0, 0.1) is 11.3 Å². The smallest absolute Gasteiger partial charge is 0.240 e. The maximum absolute atomic E-state index is 11.8. The zero-order chi connectivity index (χ0) is 19.4. The van der Waals surface area contributed by atoms with E-state index < -0.39 is 22.2 Å². The number of nitrogens with one attached hydrogen (secondary N) is 2. The molecule has 0 bridgehead atoms. The number of benzene rings is 1. The van der Waals surface area contributed by atoms with E-state index in [1.165, 1.54) is 25.4 Å². The average molecular weight is 389 g/mol. The van der Waals surface area contributed by atoms with Gasteiger partial charge in [0.05, 0.1) is 17.2 Å². The molecule has 1 heterocycles. The van der Waals surface area contributed by atoms with Crippen molar-refractivity contribution in [2.45, 2.75) is 36.4 Å². The van der Waals surface area contributed by atoms with Crippen molar-refractivity contribution in [2.24, 2.45) is 0 Å². The summed E-state index contributed by atoms with van der Waals surface area (Å²) >= 11 is 0. The number of aliphatic hydroxyl groups is 1. The highest BCUT2D eigenvalue weighted by Crippen LogP contribution is 2.26. The molecule has 1 fully saturated rings. The van der Waals surface area contributed by atoms with E-state index in [9.17, 15) is 18.8 Å². The van der Waals surface area contributed by atoms with Crippen molar-refractivity contribution in [1.29, 1.82) is 5.26 Å². The number of anilines is 2. The zero-order valence-electron chi connectivity index (χ0n) is 14.6. The minimum absolute atomic E-state index is 0.107. The summed E-state index contributed by atoms with van der Waals surface area (Å²) in [6, 6.07) is 8.02. The van der Waals surface area contributed by atoms with E-state index in [4.69, 9.17) is 4.74 Å². The Morgan fingerprint density at radius 1 is 1.30 bits per heavy atom. The van der Waals surface area contributed by atoms with Crippen LogP contribution in [0.1, 0.15) is 24.8 Å². The number of nitriles is 1. The van der Waals surface area contributed by atoms with Gasteiger partial charge in [-0.2, -0.15) is 10.2 Å². The lowest BCUT2D eigenvalue weighted by Crippen LogP contribution is -2.26. The summed E-state index contributed by atoms with van der Waals surface area (Å²) in [5.74, 6) is 0.302. The largest absolute Gasteiger partial charge is 0.471 e. The third-order valence-corrected chi connectivity index (χ3v) is 5.67. The highest BCUT2D eigenvalue weighted by atomic mass is 32.2. The van der Waals surface area contributed by atoms with Gasteiger partial charge in [-0.15, -0.1) is 0 Å². The molecule has 0 spiro atoms. The van der Waals surface area contributed by atoms with Gasteiger partial charge in [-0.1, -0.05) is 0 Å². The van der Waals surface area contributed by atoms with Crippen molar-refractivity contribution < 1.29 is 18.3 Å². The van der Waals surface area contributed by atoms with Crippen LogP contribution in [-0.2, 0) is 10.0 Å². The van der Waals surface area contributed by atoms with Crippen LogP contribution < -0.4 is 14.8 Å². The fraction of sp³-hybridized carbons (Fsp3) is 0.353. The molecule has 3 rings (SSSR count). The third kappa shape index (κ3) is 4.33. The second kappa shape index (κ2) is 7.87. The molecular weight excluding hydrogens is 370 g/mol. The van der Waals surface area contributed by atoms with Crippen molar-refractivity contribution >= 4 is 21.7 Å². The molecule has 2 unspecified atom stereocenters. The minimum atomic E-state index is -3.51. The molecule has 1 aliphatic rings. The molecule has 1 aliphatic carbocycles. The molecular formula is C17H19N5O4S. The maximum Gasteiger partial charge on any atom is 0.240 e. The topological polar surface area (TPSA) is 137 Å². The number of nitrogens with zero attached hydrogens (tertiary/aromatic N) is 3. The monoisotopic (exact) mass is 389 g/mol. The first-order chi connectivity index (χ1) is 12.9. The first-order valence-electron chi connectivity index (χ1n) is 8.35. The second-order valence-corrected chi connectivity index (χ2v) is 7.92. The highest BCUT2D eigenvalue weighted by molar-refractivity contribution is 7.89. The summed E-state index contributed by atoms with van der Waals surface area (Å²) in [6.07, 6.45) is 2.57. The molecule has 2 aromatic rings. The lowest BCUT2D eigenvalue weighted by atomic mass is 10.2. The Morgan fingerprint density at radius 2 is 2.04 bits per heavy atom. The van der Waals surface area contributed by atoms with Crippen molar-refractivity contribution in [1.82, 2.24) is 14.7 Å². The van der Waals surface area contributed by atoms with E-state index in [0.29, 0.717) is 18.5 Å². The maximum atomic E-state index is 11.8. The SMILES string of the molecule is CNS(=O)(=O)c1ccc(Nc2ncc(C#N)c(OC3CCCC3O)n2)cc1. The van der Waals surface area contributed by atoms with E-state index in [1.54, 1.807) is 12.1 Å². The Labute approximate surface area is 157 Å². The van der Waals surface area contributed by atoms with Gasteiger partial charge in [0.15, 0.2) is 0 Å². The highest BCUT2D eigenvalue weighted by Gasteiger charge is 2.28. The van der Waals surface area contributed by atoms with E-state index in [2.05, 4.69) is 20.0 Å². The van der Waals surface area contributed by atoms with Crippen LogP contribution in [0.25, 0.3) is 0 Å². The van der Waals surface area contributed by atoms with E-state index in [0.717, 1.165) is 6.42 Å². The van der Waals surface area contributed by atoms with Crippen LogP contribution >= 0.6 is 0 Å². The van der Waals surface area contributed by atoms with Gasteiger partial charge in [-0.3, -0.25) is 0 Å². The lowest BCUT2D eigenvalue weighted by Gasteiger charge is -2.17. The van der Waals surface area contributed by atoms with Gasteiger partial charge in [-0.25, -0.2) is 18.1 Å². The Bertz CT molecular complexity index is 956. The first-order valence-corrected chi connectivity index (χ1v) is 9.84. The molecule has 27 heavy (non-hydrogen) atoms. The van der Waals surface area contributed by atoms with Crippen molar-refractivity contribution in [3.05, 3.63) is 36.0 Å². The van der Waals surface area contributed by atoms with Crippen molar-refractivity contribution in [3.8, 4) is 11.9 Å². The number of hydrogen-bond donors (Lipinski definition) is 3. The van der Waals surface area contributed by atoms with Crippen LogP contribution in [0.2, 0.25) is 0 Å². The number of aromatic nitrogens is 2. The second-order valence-electron chi connectivity index (χ2n) is 6.04. The average Bonchev–Trinajstić information content (AvgIpc) is 3.07. The lowest BCUT2D eigenvalue weighted by molar-refractivity contribution is 0.0572. The van der Waals surface area contributed by atoms with Gasteiger partial charge in [-0.05, 0) is 50.6 Å². The minimum Gasteiger partial charge on any atom is -0.471 e. The fourth-order valence-corrected chi connectivity index (χ4v) is 3.47. The standard InChI is InChI=1S/C17H19N5O4S/c1-19-27(24,25)13-7-5-12(6-8-13)21-17-20-10-11(9-18)16(22-17)26-15-4-2-3-14(15)23/h5-8,10,14-15,19,23H,2-4H2,1H3,(H,20,21,22). The van der Waals surface area contributed by atoms with E-state index >= 15 is 0 Å². The summed E-state index contributed by atoms with van der Waals surface area (Å²) in [6.45, 7) is 0. The predicted molar refractivity (Wildman–Crippen MR) is 97.0 cm³/mol. The molecule has 1 aromatic heterocycles. The van der Waals surface area contributed by atoms with Crippen LogP contribution in [-0.4, -0.2) is 42.7 Å². The van der Waals surface area contributed by atoms with Gasteiger partial charge in [0, 0.05) is 5.69 Å². The van der Waals surface area contributed by atoms with Gasteiger partial charge in [0.2, 0.25) is 21.9 Å². The number of hydrogen-bond acceptors (Lipinski definition) is 8. The summed E-state index contributed by atoms with van der Waals surface area (Å²) in [4.78, 5) is 8.42. The number of ether oxygens (including phenoxy) is 1. The van der Waals surface area contributed by atoms with Crippen LogP contribution in [0.5, 0.6) is 5.88 Å². The molecule has 9 nitrogen and oxygen atoms in total. The van der Waals surface area contributed by atoms with E-state index in [1.807, 2.05) is 6.07 Å².